The summed E-state index contributed by atoms with van der Waals surface area (Å²) in [6.45, 7) is -3.25. The standard InChI is InChI=1S/C17H16F2O4/c18-17(19)23-13-5-3-11(4-6-13)15(20)9-22-16(21)14-8-10-1-2-12(14)7-10/h1-6,10,12,14,17H,7-9H2. The highest BCUT2D eigenvalue weighted by Gasteiger charge is 2.40. The van der Waals surface area contributed by atoms with Crippen molar-refractivity contribution in [1.82, 2.24) is 0 Å². The Labute approximate surface area is 132 Å². The van der Waals surface area contributed by atoms with Gasteiger partial charge in [-0.2, -0.15) is 8.78 Å². The number of benzene rings is 1. The van der Waals surface area contributed by atoms with Crippen molar-refractivity contribution in [2.75, 3.05) is 6.61 Å². The number of carbonyl (C=O) groups is 2. The van der Waals surface area contributed by atoms with Crippen LogP contribution in [0.4, 0.5) is 8.78 Å². The Morgan fingerprint density at radius 2 is 1.87 bits per heavy atom. The quantitative estimate of drug-likeness (QED) is 0.458. The van der Waals surface area contributed by atoms with E-state index >= 15 is 0 Å². The molecule has 0 aromatic heterocycles. The lowest BCUT2D eigenvalue weighted by Gasteiger charge is -2.16. The summed E-state index contributed by atoms with van der Waals surface area (Å²) in [5.74, 6) is -0.209. The van der Waals surface area contributed by atoms with Crippen molar-refractivity contribution in [3.63, 3.8) is 0 Å². The molecule has 0 saturated heterocycles. The van der Waals surface area contributed by atoms with Crippen LogP contribution in [-0.4, -0.2) is 25.0 Å². The summed E-state index contributed by atoms with van der Waals surface area (Å²) in [4.78, 5) is 24.0. The largest absolute Gasteiger partial charge is 0.457 e. The number of ether oxygens (including phenoxy) is 2. The van der Waals surface area contributed by atoms with Crippen LogP contribution in [0.15, 0.2) is 36.4 Å². The van der Waals surface area contributed by atoms with Crippen molar-refractivity contribution in [1.29, 1.82) is 0 Å². The van der Waals surface area contributed by atoms with E-state index in [-0.39, 0.29) is 41.5 Å². The second-order valence-corrected chi connectivity index (χ2v) is 5.82. The van der Waals surface area contributed by atoms with Gasteiger partial charge in [0.25, 0.3) is 0 Å². The average molecular weight is 322 g/mol. The van der Waals surface area contributed by atoms with Crippen molar-refractivity contribution in [2.45, 2.75) is 19.5 Å². The van der Waals surface area contributed by atoms with Crippen LogP contribution in [0.3, 0.4) is 0 Å². The van der Waals surface area contributed by atoms with Gasteiger partial charge in [0.05, 0.1) is 5.92 Å². The zero-order valence-corrected chi connectivity index (χ0v) is 12.3. The molecule has 1 fully saturated rings. The van der Waals surface area contributed by atoms with Gasteiger partial charge in [0, 0.05) is 5.56 Å². The van der Waals surface area contributed by atoms with E-state index < -0.39 is 6.61 Å². The molecule has 6 heteroatoms. The first kappa shape index (κ1) is 15.6. The zero-order chi connectivity index (χ0) is 16.4. The minimum atomic E-state index is -2.91. The van der Waals surface area contributed by atoms with Crippen LogP contribution in [0, 0.1) is 17.8 Å². The number of Topliss-reactive ketones (excluding diaryl/α,β-unsaturated/α-hetero) is 1. The molecule has 0 aliphatic heterocycles. The number of halogens is 2. The molecule has 3 atom stereocenters. The third-order valence-corrected chi connectivity index (χ3v) is 4.33. The lowest BCUT2D eigenvalue weighted by atomic mass is 9.94. The van der Waals surface area contributed by atoms with Gasteiger partial charge in [-0.05, 0) is 48.9 Å². The predicted molar refractivity (Wildman–Crippen MR) is 77.2 cm³/mol. The van der Waals surface area contributed by atoms with Gasteiger partial charge in [-0.15, -0.1) is 0 Å². The lowest BCUT2D eigenvalue weighted by Crippen LogP contribution is -2.24. The van der Waals surface area contributed by atoms with Crippen molar-refractivity contribution in [3.05, 3.63) is 42.0 Å². The van der Waals surface area contributed by atoms with Crippen LogP contribution in [0.5, 0.6) is 5.75 Å². The highest BCUT2D eigenvalue weighted by Crippen LogP contribution is 2.43. The first-order valence-electron chi connectivity index (χ1n) is 7.46. The van der Waals surface area contributed by atoms with Gasteiger partial charge in [-0.25, -0.2) is 0 Å². The maximum Gasteiger partial charge on any atom is 0.387 e. The molecule has 2 bridgehead atoms. The molecular formula is C17H16F2O4. The molecule has 0 N–H and O–H groups in total. The molecule has 0 amide bonds. The van der Waals surface area contributed by atoms with E-state index in [4.69, 9.17) is 4.74 Å². The molecule has 1 aromatic rings. The Bertz CT molecular complexity index is 624. The fourth-order valence-corrected chi connectivity index (χ4v) is 3.20. The molecule has 23 heavy (non-hydrogen) atoms. The van der Waals surface area contributed by atoms with Crippen molar-refractivity contribution in [2.24, 2.45) is 17.8 Å². The summed E-state index contributed by atoms with van der Waals surface area (Å²) in [7, 11) is 0. The smallest absolute Gasteiger partial charge is 0.387 e. The highest BCUT2D eigenvalue weighted by molar-refractivity contribution is 5.98. The number of carbonyl (C=O) groups excluding carboxylic acids is 2. The number of ketones is 1. The van der Waals surface area contributed by atoms with E-state index in [0.717, 1.165) is 12.8 Å². The third kappa shape index (κ3) is 3.57. The summed E-state index contributed by atoms with van der Waals surface area (Å²) in [6, 6.07) is 5.30. The van der Waals surface area contributed by atoms with Gasteiger partial charge in [0.2, 0.25) is 0 Å². The van der Waals surface area contributed by atoms with Crippen LogP contribution in [-0.2, 0) is 9.53 Å². The topological polar surface area (TPSA) is 52.6 Å². The number of rotatable bonds is 6. The molecule has 3 rings (SSSR count). The van der Waals surface area contributed by atoms with Gasteiger partial charge < -0.3 is 9.47 Å². The maximum atomic E-state index is 12.0. The maximum absolute atomic E-state index is 12.0. The van der Waals surface area contributed by atoms with Gasteiger partial charge in [-0.3, -0.25) is 9.59 Å². The van der Waals surface area contributed by atoms with Crippen LogP contribution in [0.1, 0.15) is 23.2 Å². The fraction of sp³-hybridized carbons (Fsp3) is 0.412. The van der Waals surface area contributed by atoms with E-state index in [1.54, 1.807) is 0 Å². The molecule has 2 aliphatic rings. The summed E-state index contributed by atoms with van der Waals surface area (Å²) in [6.07, 6.45) is 5.94. The number of hydrogen-bond donors (Lipinski definition) is 0. The Kier molecular flexibility index (Phi) is 4.41. The number of allylic oxidation sites excluding steroid dienone is 2. The van der Waals surface area contributed by atoms with Gasteiger partial charge in [-0.1, -0.05) is 12.2 Å². The Morgan fingerprint density at radius 1 is 1.13 bits per heavy atom. The third-order valence-electron chi connectivity index (χ3n) is 4.33. The highest BCUT2D eigenvalue weighted by atomic mass is 19.3. The summed E-state index contributed by atoms with van der Waals surface area (Å²) in [5.41, 5.74) is 0.284. The molecule has 3 unspecified atom stereocenters. The van der Waals surface area contributed by atoms with E-state index in [1.807, 2.05) is 6.08 Å². The lowest BCUT2D eigenvalue weighted by molar-refractivity contribution is -0.148. The minimum Gasteiger partial charge on any atom is -0.457 e. The van der Waals surface area contributed by atoms with Gasteiger partial charge in [0.15, 0.2) is 12.4 Å². The van der Waals surface area contributed by atoms with Crippen LogP contribution in [0.25, 0.3) is 0 Å². The molecule has 0 spiro atoms. The summed E-state index contributed by atoms with van der Waals surface area (Å²) < 4.78 is 33.4. The first-order chi connectivity index (χ1) is 11.0. The summed E-state index contributed by atoms with van der Waals surface area (Å²) in [5, 5.41) is 0. The van der Waals surface area contributed by atoms with E-state index in [2.05, 4.69) is 10.8 Å². The minimum absolute atomic E-state index is 0.0256. The Balaban J connectivity index is 1.51. The van der Waals surface area contributed by atoms with Crippen LogP contribution >= 0.6 is 0 Å². The number of fused-ring (bicyclic) bond motifs is 2. The van der Waals surface area contributed by atoms with E-state index in [9.17, 15) is 18.4 Å². The molecule has 1 aromatic carbocycles. The van der Waals surface area contributed by atoms with Crippen molar-refractivity contribution >= 4 is 11.8 Å². The first-order valence-corrected chi connectivity index (χ1v) is 7.46. The average Bonchev–Trinajstić information content (AvgIpc) is 3.15. The molecule has 1 saturated carbocycles. The molecule has 122 valence electrons. The number of hydrogen-bond acceptors (Lipinski definition) is 4. The van der Waals surface area contributed by atoms with E-state index in [0.29, 0.717) is 5.92 Å². The molecular weight excluding hydrogens is 306 g/mol. The number of alkyl halides is 2. The monoisotopic (exact) mass is 322 g/mol. The molecule has 2 aliphatic carbocycles. The molecule has 0 heterocycles. The Hall–Kier alpha value is -2.24. The predicted octanol–water partition coefficient (Wildman–Crippen LogP) is 3.23. The molecule has 0 radical (unpaired) electrons. The second-order valence-electron chi connectivity index (χ2n) is 5.82. The number of esters is 1. The summed E-state index contributed by atoms with van der Waals surface area (Å²) >= 11 is 0. The van der Waals surface area contributed by atoms with E-state index in [1.165, 1.54) is 24.3 Å². The van der Waals surface area contributed by atoms with Crippen LogP contribution < -0.4 is 4.74 Å². The van der Waals surface area contributed by atoms with Gasteiger partial charge in [0.1, 0.15) is 5.75 Å². The normalized spacial score (nSPS) is 24.9. The fourth-order valence-electron chi connectivity index (χ4n) is 3.20. The SMILES string of the molecule is O=C(COC(=O)C1CC2C=CC1C2)c1ccc(OC(F)F)cc1. The molecule has 4 nitrogen and oxygen atoms in total. The van der Waals surface area contributed by atoms with Crippen LogP contribution in [0.2, 0.25) is 0 Å². The second kappa shape index (κ2) is 6.48. The van der Waals surface area contributed by atoms with Crippen molar-refractivity contribution < 1.29 is 27.8 Å². The Morgan fingerprint density at radius 3 is 2.43 bits per heavy atom. The van der Waals surface area contributed by atoms with Gasteiger partial charge >= 0.3 is 12.6 Å². The zero-order valence-electron chi connectivity index (χ0n) is 12.3. The van der Waals surface area contributed by atoms with Crippen molar-refractivity contribution in [3.8, 4) is 5.75 Å².